The third kappa shape index (κ3) is 3.31. The Balaban J connectivity index is 2.13. The molecule has 1 unspecified atom stereocenters. The van der Waals surface area contributed by atoms with Crippen molar-refractivity contribution in [2.45, 2.75) is 25.8 Å². The van der Waals surface area contributed by atoms with E-state index in [1.807, 2.05) is 30.3 Å². The van der Waals surface area contributed by atoms with Gasteiger partial charge in [-0.15, -0.1) is 5.10 Å². The van der Waals surface area contributed by atoms with Crippen molar-refractivity contribution in [2.75, 3.05) is 0 Å². The van der Waals surface area contributed by atoms with E-state index in [-0.39, 0.29) is 17.8 Å². The maximum atomic E-state index is 12.0. The van der Waals surface area contributed by atoms with Crippen LogP contribution < -0.4 is 11.0 Å². The monoisotopic (exact) mass is 260 g/mol. The molecule has 1 heterocycles. The van der Waals surface area contributed by atoms with Gasteiger partial charge in [-0.3, -0.25) is 9.78 Å². The second-order valence-corrected chi connectivity index (χ2v) is 4.25. The first-order chi connectivity index (χ1) is 9.20. The summed E-state index contributed by atoms with van der Waals surface area (Å²) < 4.78 is 0. The Morgan fingerprint density at radius 2 is 2.11 bits per heavy atom. The Morgan fingerprint density at radius 3 is 2.68 bits per heavy atom. The quantitative estimate of drug-likeness (QED) is 0.758. The maximum Gasteiger partial charge on any atom is 0.341 e. The molecule has 0 saturated heterocycles. The molecule has 100 valence electrons. The fourth-order valence-electron chi connectivity index (χ4n) is 1.90. The predicted molar refractivity (Wildman–Crippen MR) is 70.8 cm³/mol. The van der Waals surface area contributed by atoms with Crippen molar-refractivity contribution in [3.63, 3.8) is 0 Å². The van der Waals surface area contributed by atoms with Crippen molar-refractivity contribution in [3.8, 4) is 0 Å². The third-order valence-corrected chi connectivity index (χ3v) is 2.80. The van der Waals surface area contributed by atoms with Gasteiger partial charge >= 0.3 is 5.69 Å². The van der Waals surface area contributed by atoms with Crippen LogP contribution in [-0.4, -0.2) is 21.1 Å². The second kappa shape index (κ2) is 5.99. The van der Waals surface area contributed by atoms with Crippen molar-refractivity contribution in [1.82, 2.24) is 20.5 Å². The highest BCUT2D eigenvalue weighted by atomic mass is 16.2. The molecule has 0 aliphatic heterocycles. The van der Waals surface area contributed by atoms with Gasteiger partial charge in [-0.1, -0.05) is 43.7 Å². The zero-order valence-electron chi connectivity index (χ0n) is 10.6. The molecule has 1 amide bonds. The van der Waals surface area contributed by atoms with Crippen LogP contribution in [0.5, 0.6) is 0 Å². The van der Waals surface area contributed by atoms with Gasteiger partial charge in [0.25, 0.3) is 5.91 Å². The van der Waals surface area contributed by atoms with E-state index in [1.165, 1.54) is 0 Å². The minimum absolute atomic E-state index is 0.00188. The lowest BCUT2D eigenvalue weighted by Gasteiger charge is -2.17. The van der Waals surface area contributed by atoms with Crippen LogP contribution in [0.15, 0.2) is 35.1 Å². The average molecular weight is 260 g/mol. The molecule has 6 heteroatoms. The minimum atomic E-state index is -0.489. The van der Waals surface area contributed by atoms with Crippen LogP contribution in [0.25, 0.3) is 0 Å². The number of carbonyl (C=O) groups is 1. The van der Waals surface area contributed by atoms with Gasteiger partial charge < -0.3 is 5.32 Å². The van der Waals surface area contributed by atoms with Gasteiger partial charge in [-0.2, -0.15) is 0 Å². The van der Waals surface area contributed by atoms with E-state index in [2.05, 4.69) is 27.4 Å². The Labute approximate surface area is 110 Å². The van der Waals surface area contributed by atoms with Crippen LogP contribution in [0.1, 0.15) is 42.0 Å². The second-order valence-electron chi connectivity index (χ2n) is 4.25. The van der Waals surface area contributed by atoms with Crippen LogP contribution in [-0.2, 0) is 0 Å². The number of rotatable bonds is 5. The lowest BCUT2D eigenvalue weighted by Crippen LogP contribution is -2.29. The van der Waals surface area contributed by atoms with Gasteiger partial charge in [0.2, 0.25) is 5.82 Å². The van der Waals surface area contributed by atoms with Gasteiger partial charge in [0, 0.05) is 0 Å². The average Bonchev–Trinajstić information content (AvgIpc) is 2.86. The van der Waals surface area contributed by atoms with E-state index in [1.54, 1.807) is 0 Å². The third-order valence-electron chi connectivity index (χ3n) is 2.80. The van der Waals surface area contributed by atoms with Gasteiger partial charge in [0.05, 0.1) is 6.04 Å². The molecule has 1 atom stereocenters. The predicted octanol–water partition coefficient (Wildman–Crippen LogP) is 1.37. The molecule has 0 fully saturated rings. The molecule has 2 aromatic rings. The van der Waals surface area contributed by atoms with Crippen molar-refractivity contribution in [2.24, 2.45) is 0 Å². The molecule has 0 bridgehead atoms. The molecule has 0 radical (unpaired) electrons. The summed E-state index contributed by atoms with van der Waals surface area (Å²) in [5.41, 5.74) is 0.549. The number of amides is 1. The van der Waals surface area contributed by atoms with Crippen LogP contribution >= 0.6 is 0 Å². The molecule has 0 aliphatic rings. The van der Waals surface area contributed by atoms with E-state index in [9.17, 15) is 9.59 Å². The Hall–Kier alpha value is -2.37. The first kappa shape index (κ1) is 13.1. The number of hydrogen-bond acceptors (Lipinski definition) is 3. The number of benzene rings is 1. The van der Waals surface area contributed by atoms with Crippen LogP contribution in [0.4, 0.5) is 0 Å². The fraction of sp³-hybridized carbons (Fsp3) is 0.308. The summed E-state index contributed by atoms with van der Waals surface area (Å²) in [6.45, 7) is 2.05. The normalized spacial score (nSPS) is 12.1. The van der Waals surface area contributed by atoms with E-state index >= 15 is 0 Å². The first-order valence-corrected chi connectivity index (χ1v) is 6.21. The molecule has 0 aliphatic carbocycles. The molecular weight excluding hydrogens is 244 g/mol. The Kier molecular flexibility index (Phi) is 4.12. The van der Waals surface area contributed by atoms with Gasteiger partial charge in [-0.25, -0.2) is 9.89 Å². The molecule has 19 heavy (non-hydrogen) atoms. The number of aromatic nitrogens is 3. The summed E-state index contributed by atoms with van der Waals surface area (Å²) in [6.07, 6.45) is 1.77. The molecule has 1 aromatic heterocycles. The summed E-state index contributed by atoms with van der Waals surface area (Å²) in [6, 6.07) is 9.64. The summed E-state index contributed by atoms with van der Waals surface area (Å²) >= 11 is 0. The molecule has 0 spiro atoms. The van der Waals surface area contributed by atoms with Crippen molar-refractivity contribution >= 4 is 5.91 Å². The number of H-pyrrole nitrogens is 2. The Bertz CT molecular complexity index is 588. The van der Waals surface area contributed by atoms with E-state index in [4.69, 9.17) is 0 Å². The van der Waals surface area contributed by atoms with Crippen molar-refractivity contribution in [3.05, 3.63) is 52.2 Å². The molecule has 2 rings (SSSR count). The number of nitrogens with zero attached hydrogens (tertiary/aromatic N) is 1. The fourth-order valence-corrected chi connectivity index (χ4v) is 1.90. The van der Waals surface area contributed by atoms with Crippen LogP contribution in [0.2, 0.25) is 0 Å². The first-order valence-electron chi connectivity index (χ1n) is 6.21. The maximum absolute atomic E-state index is 12.0. The largest absolute Gasteiger partial charge is 0.343 e. The van der Waals surface area contributed by atoms with E-state index in [0.717, 1.165) is 18.4 Å². The highest BCUT2D eigenvalue weighted by Crippen LogP contribution is 2.18. The molecule has 0 saturated carbocycles. The molecule has 6 nitrogen and oxygen atoms in total. The number of nitrogens with one attached hydrogen (secondary N) is 3. The minimum Gasteiger partial charge on any atom is -0.343 e. The van der Waals surface area contributed by atoms with E-state index in [0.29, 0.717) is 0 Å². The summed E-state index contributed by atoms with van der Waals surface area (Å²) in [5.74, 6) is -0.386. The molecular formula is C13H16N4O2. The van der Waals surface area contributed by atoms with Gasteiger partial charge in [0.15, 0.2) is 0 Å². The highest BCUT2D eigenvalue weighted by molar-refractivity contribution is 5.90. The van der Waals surface area contributed by atoms with Crippen molar-refractivity contribution in [1.29, 1.82) is 0 Å². The smallest absolute Gasteiger partial charge is 0.341 e. The number of carbonyl (C=O) groups excluding carboxylic acids is 1. The SMILES string of the molecule is CCCC(NC(=O)c1n[nH]c(=O)[nH]1)c1ccccc1. The zero-order chi connectivity index (χ0) is 13.7. The highest BCUT2D eigenvalue weighted by Gasteiger charge is 2.16. The number of aromatic amines is 2. The van der Waals surface area contributed by atoms with Crippen molar-refractivity contribution < 1.29 is 4.79 Å². The van der Waals surface area contributed by atoms with Gasteiger partial charge in [-0.05, 0) is 12.0 Å². The van der Waals surface area contributed by atoms with Crippen LogP contribution in [0, 0.1) is 0 Å². The summed E-state index contributed by atoms with van der Waals surface area (Å²) in [5, 5.41) is 8.66. The summed E-state index contributed by atoms with van der Waals surface area (Å²) in [4.78, 5) is 25.2. The lowest BCUT2D eigenvalue weighted by molar-refractivity contribution is 0.0924. The Morgan fingerprint density at radius 1 is 1.37 bits per heavy atom. The standard InChI is InChI=1S/C13H16N4O2/c1-2-6-10(9-7-4-3-5-8-9)14-12(18)11-15-13(19)17-16-11/h3-5,7-8,10H,2,6H2,1H3,(H,14,18)(H2,15,16,17,19). The molecule has 1 aromatic carbocycles. The van der Waals surface area contributed by atoms with Crippen LogP contribution in [0.3, 0.4) is 0 Å². The van der Waals surface area contributed by atoms with Gasteiger partial charge in [0.1, 0.15) is 0 Å². The number of hydrogen-bond donors (Lipinski definition) is 3. The van der Waals surface area contributed by atoms with E-state index < -0.39 is 5.69 Å². The zero-order valence-corrected chi connectivity index (χ0v) is 10.6. The molecule has 3 N–H and O–H groups in total. The topological polar surface area (TPSA) is 90.6 Å². The summed E-state index contributed by atoms with van der Waals surface area (Å²) in [7, 11) is 0. The lowest BCUT2D eigenvalue weighted by atomic mass is 10.0.